The highest BCUT2D eigenvalue weighted by Gasteiger charge is 2.38. The van der Waals surface area contributed by atoms with Gasteiger partial charge in [0.2, 0.25) is 5.91 Å². The fourth-order valence-electron chi connectivity index (χ4n) is 2.03. The summed E-state index contributed by atoms with van der Waals surface area (Å²) in [7, 11) is 0. The second-order valence-electron chi connectivity index (χ2n) is 5.23. The molecule has 2 aromatic carbocycles. The molecule has 0 unspecified atom stereocenters. The lowest BCUT2D eigenvalue weighted by molar-refractivity contribution is -0.173. The average Bonchev–Trinajstić information content (AvgIpc) is 2.53. The maximum Gasteiger partial charge on any atom is 0.471 e. The molecule has 8 heteroatoms. The minimum Gasteiger partial charge on any atom is -0.344 e. The number of hydrogen-bond acceptors (Lipinski definition) is 2. The molecule has 0 fully saturated rings. The van der Waals surface area contributed by atoms with Crippen LogP contribution in [0.4, 0.5) is 23.2 Å². The number of anilines is 1. The van der Waals surface area contributed by atoms with Crippen molar-refractivity contribution in [1.82, 2.24) is 5.32 Å². The van der Waals surface area contributed by atoms with E-state index in [1.165, 1.54) is 42.5 Å². The molecule has 25 heavy (non-hydrogen) atoms. The van der Waals surface area contributed by atoms with E-state index in [1.54, 1.807) is 11.4 Å². The van der Waals surface area contributed by atoms with Crippen molar-refractivity contribution in [3.8, 4) is 0 Å². The highest BCUT2D eigenvalue weighted by atomic mass is 19.4. The summed E-state index contributed by atoms with van der Waals surface area (Å²) >= 11 is 0. The molecule has 0 aliphatic rings. The maximum absolute atomic E-state index is 13.1. The molecule has 0 bridgehead atoms. The molecular weight excluding hydrogens is 340 g/mol. The molecule has 0 atom stereocenters. The van der Waals surface area contributed by atoms with Gasteiger partial charge in [-0.2, -0.15) is 13.2 Å². The van der Waals surface area contributed by atoms with Gasteiger partial charge in [0.25, 0.3) is 0 Å². The van der Waals surface area contributed by atoms with Gasteiger partial charge in [-0.05, 0) is 35.4 Å². The largest absolute Gasteiger partial charge is 0.471 e. The van der Waals surface area contributed by atoms with Gasteiger partial charge in [-0.1, -0.05) is 24.3 Å². The highest BCUT2D eigenvalue weighted by molar-refractivity contribution is 5.92. The summed E-state index contributed by atoms with van der Waals surface area (Å²) in [5.41, 5.74) is 1.40. The second kappa shape index (κ2) is 7.78. The predicted molar refractivity (Wildman–Crippen MR) is 83.1 cm³/mol. The number of hydrogen-bond donors (Lipinski definition) is 2. The van der Waals surface area contributed by atoms with Gasteiger partial charge in [0.05, 0.1) is 6.42 Å². The third kappa shape index (κ3) is 5.91. The van der Waals surface area contributed by atoms with E-state index in [0.717, 1.165) is 0 Å². The van der Waals surface area contributed by atoms with E-state index < -0.39 is 17.9 Å². The standard InChI is InChI=1S/C17H14F4N2O2/c18-13-3-1-2-12(8-13)9-15(24)23-14-6-4-11(5-7-14)10-22-16(25)17(19,20)21/h1-8H,9-10H2,(H,22,25)(H,23,24). The second-order valence-corrected chi connectivity index (χ2v) is 5.23. The Labute approximate surface area is 140 Å². The van der Waals surface area contributed by atoms with Crippen LogP contribution in [0.1, 0.15) is 11.1 Å². The van der Waals surface area contributed by atoms with Crippen LogP contribution < -0.4 is 10.6 Å². The first-order valence-electron chi connectivity index (χ1n) is 7.22. The fourth-order valence-corrected chi connectivity index (χ4v) is 2.03. The van der Waals surface area contributed by atoms with Crippen molar-refractivity contribution in [3.63, 3.8) is 0 Å². The van der Waals surface area contributed by atoms with E-state index in [1.807, 2.05) is 0 Å². The molecule has 0 radical (unpaired) electrons. The van der Waals surface area contributed by atoms with Gasteiger partial charge in [-0.15, -0.1) is 0 Å². The molecule has 132 valence electrons. The Kier molecular flexibility index (Phi) is 5.74. The number of alkyl halides is 3. The first kappa shape index (κ1) is 18.4. The van der Waals surface area contributed by atoms with E-state index in [4.69, 9.17) is 0 Å². The summed E-state index contributed by atoms with van der Waals surface area (Å²) in [6, 6.07) is 11.6. The van der Waals surface area contributed by atoms with Crippen LogP contribution >= 0.6 is 0 Å². The van der Waals surface area contributed by atoms with Gasteiger partial charge in [-0.25, -0.2) is 4.39 Å². The van der Waals surface area contributed by atoms with Gasteiger partial charge >= 0.3 is 12.1 Å². The molecule has 2 amide bonds. The zero-order chi connectivity index (χ0) is 18.4. The van der Waals surface area contributed by atoms with E-state index in [9.17, 15) is 27.2 Å². The first-order chi connectivity index (χ1) is 11.7. The van der Waals surface area contributed by atoms with Gasteiger partial charge < -0.3 is 10.6 Å². The number of halogens is 4. The van der Waals surface area contributed by atoms with Crippen LogP contribution in [0.5, 0.6) is 0 Å². The molecule has 4 nitrogen and oxygen atoms in total. The lowest BCUT2D eigenvalue weighted by Crippen LogP contribution is -2.36. The molecule has 0 aromatic heterocycles. The van der Waals surface area contributed by atoms with Crippen LogP contribution in [0.3, 0.4) is 0 Å². The number of rotatable bonds is 5. The van der Waals surface area contributed by atoms with Crippen molar-refractivity contribution in [3.05, 3.63) is 65.5 Å². The summed E-state index contributed by atoms with van der Waals surface area (Å²) in [4.78, 5) is 22.6. The number of amides is 2. The quantitative estimate of drug-likeness (QED) is 0.811. The lowest BCUT2D eigenvalue weighted by atomic mass is 10.1. The Balaban J connectivity index is 1.87. The van der Waals surface area contributed by atoms with Gasteiger partial charge in [0.1, 0.15) is 5.82 Å². The smallest absolute Gasteiger partial charge is 0.344 e. The normalized spacial score (nSPS) is 11.0. The lowest BCUT2D eigenvalue weighted by Gasteiger charge is -2.09. The summed E-state index contributed by atoms with van der Waals surface area (Å²) < 4.78 is 49.3. The van der Waals surface area contributed by atoms with Gasteiger partial charge in [0.15, 0.2) is 0 Å². The van der Waals surface area contributed by atoms with Crippen molar-refractivity contribution < 1.29 is 27.2 Å². The van der Waals surface area contributed by atoms with Crippen molar-refractivity contribution in [1.29, 1.82) is 0 Å². The summed E-state index contributed by atoms with van der Waals surface area (Å²) in [6.07, 6.45) is -4.94. The highest BCUT2D eigenvalue weighted by Crippen LogP contribution is 2.15. The van der Waals surface area contributed by atoms with Crippen molar-refractivity contribution in [2.24, 2.45) is 0 Å². The third-order valence-electron chi connectivity index (χ3n) is 3.20. The van der Waals surface area contributed by atoms with Crippen LogP contribution in [0.2, 0.25) is 0 Å². The van der Waals surface area contributed by atoms with Crippen molar-refractivity contribution in [2.75, 3.05) is 5.32 Å². The van der Waals surface area contributed by atoms with Gasteiger partial charge in [0, 0.05) is 12.2 Å². The maximum atomic E-state index is 13.1. The van der Waals surface area contributed by atoms with E-state index in [0.29, 0.717) is 16.8 Å². The summed E-state index contributed by atoms with van der Waals surface area (Å²) in [5, 5.41) is 4.35. The monoisotopic (exact) mass is 354 g/mol. The molecule has 0 aliphatic carbocycles. The van der Waals surface area contributed by atoms with Crippen LogP contribution in [0.15, 0.2) is 48.5 Å². The topological polar surface area (TPSA) is 58.2 Å². The predicted octanol–water partition coefficient (Wildman–Crippen LogP) is 3.19. The molecule has 2 aromatic rings. The van der Waals surface area contributed by atoms with Crippen LogP contribution in [-0.2, 0) is 22.6 Å². The molecule has 0 aliphatic heterocycles. The van der Waals surface area contributed by atoms with Crippen LogP contribution in [-0.4, -0.2) is 18.0 Å². The Morgan fingerprint density at radius 2 is 1.64 bits per heavy atom. The van der Waals surface area contributed by atoms with Crippen LogP contribution in [0, 0.1) is 5.82 Å². The van der Waals surface area contributed by atoms with Crippen LogP contribution in [0.25, 0.3) is 0 Å². The van der Waals surface area contributed by atoms with E-state index in [2.05, 4.69) is 5.32 Å². The van der Waals surface area contributed by atoms with E-state index in [-0.39, 0.29) is 18.9 Å². The van der Waals surface area contributed by atoms with Gasteiger partial charge in [-0.3, -0.25) is 9.59 Å². The number of carbonyl (C=O) groups is 2. The van der Waals surface area contributed by atoms with Crippen molar-refractivity contribution in [2.45, 2.75) is 19.1 Å². The minimum atomic E-state index is -4.93. The Morgan fingerprint density at radius 1 is 0.960 bits per heavy atom. The van der Waals surface area contributed by atoms with Crippen molar-refractivity contribution >= 4 is 17.5 Å². The molecule has 0 saturated heterocycles. The van der Waals surface area contributed by atoms with E-state index >= 15 is 0 Å². The summed E-state index contributed by atoms with van der Waals surface area (Å²) in [6.45, 7) is -0.282. The molecule has 0 saturated carbocycles. The Morgan fingerprint density at radius 3 is 2.24 bits per heavy atom. The molecule has 0 heterocycles. The number of carbonyl (C=O) groups excluding carboxylic acids is 2. The molecule has 0 spiro atoms. The Hall–Kier alpha value is -2.90. The minimum absolute atomic E-state index is 0.0127. The zero-order valence-corrected chi connectivity index (χ0v) is 12.9. The molecule has 2 rings (SSSR count). The Bertz CT molecular complexity index is 758. The fraction of sp³-hybridized carbons (Fsp3) is 0.176. The SMILES string of the molecule is O=C(Cc1cccc(F)c1)Nc1ccc(CNC(=O)C(F)(F)F)cc1. The average molecular weight is 354 g/mol. The zero-order valence-electron chi connectivity index (χ0n) is 12.9. The first-order valence-corrected chi connectivity index (χ1v) is 7.22. The number of nitrogens with one attached hydrogen (secondary N) is 2. The summed E-state index contributed by atoms with van der Waals surface area (Å²) in [5.74, 6) is -2.81. The molecule has 2 N–H and O–H groups in total. The molecular formula is C17H14F4N2O2. The third-order valence-corrected chi connectivity index (χ3v) is 3.20. The number of benzene rings is 2.